The average molecular weight is 254 g/mol. The van der Waals surface area contributed by atoms with Crippen molar-refractivity contribution in [1.29, 1.82) is 0 Å². The van der Waals surface area contributed by atoms with Crippen LogP contribution in [0.15, 0.2) is 18.3 Å². The number of nitrogens with zero attached hydrogens (tertiary/aromatic N) is 2. The summed E-state index contributed by atoms with van der Waals surface area (Å²) in [6.07, 6.45) is 3.51. The van der Waals surface area contributed by atoms with Crippen molar-refractivity contribution in [2.75, 3.05) is 19.6 Å². The summed E-state index contributed by atoms with van der Waals surface area (Å²) < 4.78 is 0. The first-order chi connectivity index (χ1) is 8.20. The molecule has 0 aromatic carbocycles. The minimum absolute atomic E-state index is 0.0321. The van der Waals surface area contributed by atoms with E-state index in [0.29, 0.717) is 23.2 Å². The van der Waals surface area contributed by atoms with Crippen LogP contribution in [0.5, 0.6) is 0 Å². The van der Waals surface area contributed by atoms with Crippen LogP contribution in [-0.2, 0) is 0 Å². The van der Waals surface area contributed by atoms with Crippen molar-refractivity contribution < 1.29 is 4.79 Å². The number of hydrogen-bond acceptors (Lipinski definition) is 3. The fraction of sp³-hybridized carbons (Fsp3) is 0.500. The van der Waals surface area contributed by atoms with E-state index in [1.807, 2.05) is 4.90 Å². The molecule has 2 heterocycles. The van der Waals surface area contributed by atoms with Crippen LogP contribution in [0.2, 0.25) is 5.15 Å². The molecule has 1 fully saturated rings. The zero-order valence-corrected chi connectivity index (χ0v) is 10.4. The van der Waals surface area contributed by atoms with Gasteiger partial charge in [-0.25, -0.2) is 4.98 Å². The van der Waals surface area contributed by atoms with Crippen LogP contribution in [0.3, 0.4) is 0 Å². The van der Waals surface area contributed by atoms with E-state index < -0.39 is 0 Å². The number of carbonyl (C=O) groups excluding carboxylic acids is 1. The normalized spacial score (nSPS) is 17.2. The summed E-state index contributed by atoms with van der Waals surface area (Å²) in [6, 6.07) is 3.36. The highest BCUT2D eigenvalue weighted by atomic mass is 35.5. The number of rotatable bonds is 2. The summed E-state index contributed by atoms with van der Waals surface area (Å²) in [5.74, 6) is 0.590. The first-order valence-corrected chi connectivity index (χ1v) is 6.19. The lowest BCUT2D eigenvalue weighted by Crippen LogP contribution is -2.40. The van der Waals surface area contributed by atoms with Gasteiger partial charge in [-0.05, 0) is 37.4 Å². The Morgan fingerprint density at radius 1 is 1.47 bits per heavy atom. The van der Waals surface area contributed by atoms with Crippen molar-refractivity contribution >= 4 is 17.5 Å². The highest BCUT2D eigenvalue weighted by molar-refractivity contribution is 6.29. The van der Waals surface area contributed by atoms with E-state index in [1.165, 1.54) is 6.20 Å². The van der Waals surface area contributed by atoms with Crippen molar-refractivity contribution in [3.05, 3.63) is 29.0 Å². The fourth-order valence-corrected chi connectivity index (χ4v) is 2.17. The largest absolute Gasteiger partial charge is 0.339 e. The maximum absolute atomic E-state index is 12.1. The van der Waals surface area contributed by atoms with Crippen molar-refractivity contribution in [3.8, 4) is 0 Å². The quantitative estimate of drug-likeness (QED) is 0.814. The van der Waals surface area contributed by atoms with Gasteiger partial charge in [0.15, 0.2) is 0 Å². The van der Waals surface area contributed by atoms with Gasteiger partial charge in [0.25, 0.3) is 5.91 Å². The molecule has 2 N–H and O–H groups in total. The summed E-state index contributed by atoms with van der Waals surface area (Å²) in [6.45, 7) is 2.27. The predicted molar refractivity (Wildman–Crippen MR) is 66.9 cm³/mol. The lowest BCUT2D eigenvalue weighted by molar-refractivity contribution is 0.0693. The number of hydrogen-bond donors (Lipinski definition) is 1. The third-order valence-electron chi connectivity index (χ3n) is 3.21. The monoisotopic (exact) mass is 253 g/mol. The molecule has 1 saturated heterocycles. The third kappa shape index (κ3) is 2.96. The molecule has 0 aliphatic carbocycles. The third-order valence-corrected chi connectivity index (χ3v) is 3.43. The molecule has 0 bridgehead atoms. The molecule has 0 atom stereocenters. The van der Waals surface area contributed by atoms with Crippen LogP contribution < -0.4 is 5.73 Å². The molecule has 17 heavy (non-hydrogen) atoms. The summed E-state index contributed by atoms with van der Waals surface area (Å²) in [5.41, 5.74) is 6.22. The number of aromatic nitrogens is 1. The van der Waals surface area contributed by atoms with E-state index in [-0.39, 0.29) is 5.91 Å². The maximum Gasteiger partial charge on any atom is 0.255 e. The lowest BCUT2D eigenvalue weighted by Gasteiger charge is -2.31. The Balaban J connectivity index is 1.99. The summed E-state index contributed by atoms with van der Waals surface area (Å²) in [4.78, 5) is 17.9. The van der Waals surface area contributed by atoms with Gasteiger partial charge in [0.1, 0.15) is 5.15 Å². The van der Waals surface area contributed by atoms with Gasteiger partial charge in [-0.3, -0.25) is 4.79 Å². The SMILES string of the molecule is NCC1CCN(C(=O)c2ccc(Cl)nc2)CC1. The molecule has 92 valence electrons. The smallest absolute Gasteiger partial charge is 0.255 e. The predicted octanol–water partition coefficient (Wildman–Crippen LogP) is 1.55. The van der Waals surface area contributed by atoms with Gasteiger partial charge in [0.2, 0.25) is 0 Å². The van der Waals surface area contributed by atoms with Crippen molar-refractivity contribution in [2.45, 2.75) is 12.8 Å². The van der Waals surface area contributed by atoms with Crippen molar-refractivity contribution in [1.82, 2.24) is 9.88 Å². The summed E-state index contributed by atoms with van der Waals surface area (Å²) in [7, 11) is 0. The van der Waals surface area contributed by atoms with Gasteiger partial charge in [0, 0.05) is 19.3 Å². The highest BCUT2D eigenvalue weighted by Crippen LogP contribution is 2.18. The van der Waals surface area contributed by atoms with Gasteiger partial charge < -0.3 is 10.6 Å². The highest BCUT2D eigenvalue weighted by Gasteiger charge is 2.22. The second-order valence-electron chi connectivity index (χ2n) is 4.34. The number of amides is 1. The number of pyridine rings is 1. The van der Waals surface area contributed by atoms with Gasteiger partial charge >= 0.3 is 0 Å². The van der Waals surface area contributed by atoms with Crippen LogP contribution in [0.4, 0.5) is 0 Å². The number of likely N-dealkylation sites (tertiary alicyclic amines) is 1. The molecule has 1 aliphatic rings. The zero-order chi connectivity index (χ0) is 12.3. The van der Waals surface area contributed by atoms with E-state index in [0.717, 1.165) is 25.9 Å². The lowest BCUT2D eigenvalue weighted by atomic mass is 9.97. The average Bonchev–Trinajstić information content (AvgIpc) is 2.39. The van der Waals surface area contributed by atoms with Crippen LogP contribution >= 0.6 is 11.6 Å². The van der Waals surface area contributed by atoms with E-state index in [9.17, 15) is 4.79 Å². The van der Waals surface area contributed by atoms with E-state index in [2.05, 4.69) is 4.98 Å². The van der Waals surface area contributed by atoms with Crippen LogP contribution in [-0.4, -0.2) is 35.4 Å². The Morgan fingerprint density at radius 2 is 2.18 bits per heavy atom. The van der Waals surface area contributed by atoms with Gasteiger partial charge in [-0.2, -0.15) is 0 Å². The van der Waals surface area contributed by atoms with E-state index in [4.69, 9.17) is 17.3 Å². The molecule has 0 radical (unpaired) electrons. The number of halogens is 1. The molecule has 5 heteroatoms. The maximum atomic E-state index is 12.1. The molecule has 2 rings (SSSR count). The molecule has 0 saturated carbocycles. The van der Waals surface area contributed by atoms with Crippen LogP contribution in [0.25, 0.3) is 0 Å². The first-order valence-electron chi connectivity index (χ1n) is 5.81. The Labute approximate surface area is 106 Å². The minimum Gasteiger partial charge on any atom is -0.339 e. The second-order valence-corrected chi connectivity index (χ2v) is 4.73. The van der Waals surface area contributed by atoms with Crippen LogP contribution in [0.1, 0.15) is 23.2 Å². The molecule has 4 nitrogen and oxygen atoms in total. The molecule has 0 unspecified atom stereocenters. The standard InChI is InChI=1S/C12H16ClN3O/c13-11-2-1-10(8-15-11)12(17)16-5-3-9(7-14)4-6-16/h1-2,8-9H,3-7,14H2. The van der Waals surface area contributed by atoms with E-state index >= 15 is 0 Å². The molecule has 1 aromatic rings. The molecule has 1 aliphatic heterocycles. The topological polar surface area (TPSA) is 59.2 Å². The minimum atomic E-state index is 0.0321. The molecular formula is C12H16ClN3O. The van der Waals surface area contributed by atoms with Gasteiger partial charge in [-0.1, -0.05) is 11.6 Å². The molecule has 1 amide bonds. The summed E-state index contributed by atoms with van der Waals surface area (Å²) >= 11 is 5.69. The number of nitrogens with two attached hydrogens (primary N) is 1. The summed E-state index contributed by atoms with van der Waals surface area (Å²) in [5, 5.41) is 0.406. The molecular weight excluding hydrogens is 238 g/mol. The number of piperidine rings is 1. The molecule has 0 spiro atoms. The Kier molecular flexibility index (Phi) is 3.97. The van der Waals surface area contributed by atoms with Crippen molar-refractivity contribution in [2.24, 2.45) is 11.7 Å². The van der Waals surface area contributed by atoms with E-state index in [1.54, 1.807) is 12.1 Å². The van der Waals surface area contributed by atoms with Crippen LogP contribution in [0, 0.1) is 5.92 Å². The van der Waals surface area contributed by atoms with Crippen molar-refractivity contribution in [3.63, 3.8) is 0 Å². The van der Waals surface area contributed by atoms with Gasteiger partial charge in [0.05, 0.1) is 5.56 Å². The second kappa shape index (κ2) is 5.47. The zero-order valence-electron chi connectivity index (χ0n) is 9.60. The first kappa shape index (κ1) is 12.3. The molecule has 1 aromatic heterocycles. The van der Waals surface area contributed by atoms with Gasteiger partial charge in [-0.15, -0.1) is 0 Å². The Bertz CT molecular complexity index is 385. The Hall–Kier alpha value is -1.13. The fourth-order valence-electron chi connectivity index (χ4n) is 2.06. The Morgan fingerprint density at radius 3 is 2.71 bits per heavy atom. The number of carbonyl (C=O) groups is 1.